The summed E-state index contributed by atoms with van der Waals surface area (Å²) >= 11 is 0. The molecule has 1 atom stereocenters. The van der Waals surface area contributed by atoms with Crippen LogP contribution in [0.15, 0.2) is 42.7 Å². The van der Waals surface area contributed by atoms with Gasteiger partial charge in [-0.15, -0.1) is 0 Å². The van der Waals surface area contributed by atoms with Crippen LogP contribution >= 0.6 is 0 Å². The highest BCUT2D eigenvalue weighted by Crippen LogP contribution is 2.18. The number of nitrogens with one attached hydrogen (secondary N) is 1. The number of aromatic nitrogens is 2. The molecule has 1 aromatic heterocycles. The zero-order valence-electron chi connectivity index (χ0n) is 12.0. The van der Waals surface area contributed by atoms with Crippen molar-refractivity contribution in [3.8, 4) is 5.88 Å². The largest absolute Gasteiger partial charge is 0.469 e. The van der Waals surface area contributed by atoms with Crippen molar-refractivity contribution in [2.45, 2.75) is 32.9 Å². The smallest absolute Gasteiger partial charge is 0.232 e. The van der Waals surface area contributed by atoms with Crippen LogP contribution in [0.2, 0.25) is 0 Å². The fourth-order valence-electron chi connectivity index (χ4n) is 1.86. The standard InChI is InChI=1S/C16H21N3O/c1-3-9-17-10-15-11-19-16(12-18-15)20-13(2)14-7-5-4-6-8-14/h4-8,11-13,17H,3,9-10H2,1-2H3. The van der Waals surface area contributed by atoms with Crippen molar-refractivity contribution >= 4 is 0 Å². The van der Waals surface area contributed by atoms with E-state index in [1.165, 1.54) is 0 Å². The second-order valence-corrected chi connectivity index (χ2v) is 4.69. The van der Waals surface area contributed by atoms with Gasteiger partial charge in [-0.25, -0.2) is 4.98 Å². The molecule has 0 saturated carbocycles. The summed E-state index contributed by atoms with van der Waals surface area (Å²) in [6, 6.07) is 10.1. The fraction of sp³-hybridized carbons (Fsp3) is 0.375. The van der Waals surface area contributed by atoms with Gasteiger partial charge in [0.05, 0.1) is 18.1 Å². The van der Waals surface area contributed by atoms with Crippen molar-refractivity contribution in [1.82, 2.24) is 15.3 Å². The molecule has 1 aromatic carbocycles. The molecule has 0 fully saturated rings. The predicted octanol–water partition coefficient (Wildman–Crippen LogP) is 3.12. The molecule has 1 N–H and O–H groups in total. The first kappa shape index (κ1) is 14.5. The van der Waals surface area contributed by atoms with Gasteiger partial charge >= 0.3 is 0 Å². The Labute approximate surface area is 120 Å². The molecule has 0 radical (unpaired) electrons. The van der Waals surface area contributed by atoms with Gasteiger partial charge in [0, 0.05) is 6.54 Å². The minimum absolute atomic E-state index is 0.0328. The molecule has 0 saturated heterocycles. The molecule has 2 rings (SSSR count). The highest BCUT2D eigenvalue weighted by molar-refractivity contribution is 5.18. The number of nitrogens with zero attached hydrogens (tertiary/aromatic N) is 2. The molecule has 20 heavy (non-hydrogen) atoms. The van der Waals surface area contributed by atoms with E-state index in [-0.39, 0.29) is 6.10 Å². The van der Waals surface area contributed by atoms with E-state index in [0.717, 1.165) is 30.8 Å². The van der Waals surface area contributed by atoms with Gasteiger partial charge in [0.25, 0.3) is 0 Å². The van der Waals surface area contributed by atoms with Gasteiger partial charge in [-0.2, -0.15) is 0 Å². The summed E-state index contributed by atoms with van der Waals surface area (Å²) < 4.78 is 5.79. The van der Waals surface area contributed by atoms with Crippen LogP contribution in [0.1, 0.15) is 37.6 Å². The van der Waals surface area contributed by atoms with Crippen molar-refractivity contribution in [2.75, 3.05) is 6.54 Å². The van der Waals surface area contributed by atoms with Crippen molar-refractivity contribution < 1.29 is 4.74 Å². The van der Waals surface area contributed by atoms with Gasteiger partial charge in [-0.3, -0.25) is 4.98 Å². The topological polar surface area (TPSA) is 47.0 Å². The second-order valence-electron chi connectivity index (χ2n) is 4.69. The third-order valence-electron chi connectivity index (χ3n) is 2.98. The molecular formula is C16H21N3O. The Morgan fingerprint density at radius 1 is 1.15 bits per heavy atom. The number of hydrogen-bond acceptors (Lipinski definition) is 4. The summed E-state index contributed by atoms with van der Waals surface area (Å²) in [5, 5.41) is 3.29. The van der Waals surface area contributed by atoms with E-state index in [9.17, 15) is 0 Å². The molecule has 0 aliphatic heterocycles. The molecule has 0 amide bonds. The maximum atomic E-state index is 5.79. The lowest BCUT2D eigenvalue weighted by atomic mass is 10.1. The summed E-state index contributed by atoms with van der Waals surface area (Å²) in [6.45, 7) is 5.88. The molecule has 1 heterocycles. The minimum Gasteiger partial charge on any atom is -0.469 e. The van der Waals surface area contributed by atoms with Gasteiger partial charge in [0.15, 0.2) is 0 Å². The quantitative estimate of drug-likeness (QED) is 0.786. The number of benzene rings is 1. The molecule has 2 aromatic rings. The summed E-state index contributed by atoms with van der Waals surface area (Å²) in [4.78, 5) is 8.65. The maximum absolute atomic E-state index is 5.79. The summed E-state index contributed by atoms with van der Waals surface area (Å²) in [6.07, 6.45) is 4.52. The van der Waals surface area contributed by atoms with Crippen LogP contribution in [0.3, 0.4) is 0 Å². The molecule has 106 valence electrons. The van der Waals surface area contributed by atoms with Gasteiger partial charge < -0.3 is 10.1 Å². The average Bonchev–Trinajstić information content (AvgIpc) is 2.50. The molecule has 0 spiro atoms. The first-order valence-electron chi connectivity index (χ1n) is 7.03. The van der Waals surface area contributed by atoms with Crippen molar-refractivity contribution in [3.63, 3.8) is 0 Å². The third-order valence-corrected chi connectivity index (χ3v) is 2.98. The lowest BCUT2D eigenvalue weighted by Gasteiger charge is -2.14. The van der Waals surface area contributed by atoms with Crippen LogP contribution in [-0.4, -0.2) is 16.5 Å². The first-order valence-corrected chi connectivity index (χ1v) is 7.03. The molecule has 0 bridgehead atoms. The van der Waals surface area contributed by atoms with E-state index < -0.39 is 0 Å². The SMILES string of the molecule is CCCNCc1cnc(OC(C)c2ccccc2)cn1. The normalized spacial score (nSPS) is 12.1. The van der Waals surface area contributed by atoms with Crippen molar-refractivity contribution in [2.24, 2.45) is 0 Å². The molecule has 4 heteroatoms. The van der Waals surface area contributed by atoms with E-state index in [1.54, 1.807) is 12.4 Å². The van der Waals surface area contributed by atoms with Crippen LogP contribution in [0.5, 0.6) is 5.88 Å². The number of ether oxygens (including phenoxy) is 1. The lowest BCUT2D eigenvalue weighted by molar-refractivity contribution is 0.216. The Kier molecular flexibility index (Phi) is 5.50. The molecule has 0 aliphatic carbocycles. The Morgan fingerprint density at radius 2 is 1.95 bits per heavy atom. The minimum atomic E-state index is -0.0328. The lowest BCUT2D eigenvalue weighted by Crippen LogP contribution is -2.15. The summed E-state index contributed by atoms with van der Waals surface area (Å²) in [5.41, 5.74) is 2.06. The molecular weight excluding hydrogens is 250 g/mol. The highest BCUT2D eigenvalue weighted by Gasteiger charge is 2.07. The average molecular weight is 271 g/mol. The van der Waals surface area contributed by atoms with Gasteiger partial charge in [0.2, 0.25) is 5.88 Å². The Balaban J connectivity index is 1.90. The van der Waals surface area contributed by atoms with E-state index in [4.69, 9.17) is 4.74 Å². The molecule has 4 nitrogen and oxygen atoms in total. The Morgan fingerprint density at radius 3 is 2.60 bits per heavy atom. The van der Waals surface area contributed by atoms with Crippen LogP contribution in [-0.2, 0) is 6.54 Å². The molecule has 0 aliphatic rings. The highest BCUT2D eigenvalue weighted by atomic mass is 16.5. The van der Waals surface area contributed by atoms with Crippen molar-refractivity contribution in [1.29, 1.82) is 0 Å². The van der Waals surface area contributed by atoms with Crippen molar-refractivity contribution in [3.05, 3.63) is 54.0 Å². The third kappa shape index (κ3) is 4.31. The van der Waals surface area contributed by atoms with Crippen LogP contribution in [0.25, 0.3) is 0 Å². The second kappa shape index (κ2) is 7.60. The van der Waals surface area contributed by atoms with E-state index >= 15 is 0 Å². The van der Waals surface area contributed by atoms with Crippen LogP contribution < -0.4 is 10.1 Å². The number of rotatable bonds is 7. The zero-order valence-corrected chi connectivity index (χ0v) is 12.0. The predicted molar refractivity (Wildman–Crippen MR) is 79.5 cm³/mol. The summed E-state index contributed by atoms with van der Waals surface area (Å²) in [7, 11) is 0. The van der Waals surface area contributed by atoms with Crippen LogP contribution in [0, 0.1) is 0 Å². The first-order chi connectivity index (χ1) is 9.79. The zero-order chi connectivity index (χ0) is 14.2. The van der Waals surface area contributed by atoms with Gasteiger partial charge in [-0.1, -0.05) is 37.3 Å². The summed E-state index contributed by atoms with van der Waals surface area (Å²) in [5.74, 6) is 0.556. The van der Waals surface area contributed by atoms with Gasteiger partial charge in [0.1, 0.15) is 6.10 Å². The van der Waals surface area contributed by atoms with E-state index in [0.29, 0.717) is 5.88 Å². The van der Waals surface area contributed by atoms with E-state index in [2.05, 4.69) is 22.2 Å². The fourth-order valence-corrected chi connectivity index (χ4v) is 1.86. The molecule has 1 unspecified atom stereocenters. The Hall–Kier alpha value is -1.94. The van der Waals surface area contributed by atoms with Crippen LogP contribution in [0.4, 0.5) is 0 Å². The number of hydrogen-bond donors (Lipinski definition) is 1. The Bertz CT molecular complexity index is 499. The maximum Gasteiger partial charge on any atom is 0.232 e. The van der Waals surface area contributed by atoms with Gasteiger partial charge in [-0.05, 0) is 25.5 Å². The van der Waals surface area contributed by atoms with E-state index in [1.807, 2.05) is 37.3 Å². The monoisotopic (exact) mass is 271 g/mol.